The molecule has 5 nitrogen and oxygen atoms in total. The Balaban J connectivity index is 2.64. The summed E-state index contributed by atoms with van der Waals surface area (Å²) < 4.78 is 0.898. The molecule has 1 atom stereocenters. The molecule has 0 saturated heterocycles. The van der Waals surface area contributed by atoms with Crippen LogP contribution in [0.5, 0.6) is 0 Å². The van der Waals surface area contributed by atoms with Crippen molar-refractivity contribution in [1.82, 2.24) is 5.32 Å². The Hall–Kier alpha value is -1.40. The number of amides is 1. The van der Waals surface area contributed by atoms with Gasteiger partial charge in [0.2, 0.25) is 5.91 Å². The van der Waals surface area contributed by atoms with E-state index in [4.69, 9.17) is 10.8 Å². The predicted octanol–water partition coefficient (Wildman–Crippen LogP) is 0.786. The third-order valence-corrected chi connectivity index (χ3v) is 2.81. The summed E-state index contributed by atoms with van der Waals surface area (Å²) in [4.78, 5) is 21.8. The molecule has 0 fully saturated rings. The van der Waals surface area contributed by atoms with E-state index in [9.17, 15) is 9.59 Å². The van der Waals surface area contributed by atoms with Crippen LogP contribution >= 0.6 is 15.9 Å². The lowest BCUT2D eigenvalue weighted by molar-refractivity contribution is -0.142. The van der Waals surface area contributed by atoms with E-state index in [1.54, 1.807) is 0 Å². The Labute approximate surface area is 107 Å². The summed E-state index contributed by atoms with van der Waals surface area (Å²) in [5.74, 6) is -2.04. The van der Waals surface area contributed by atoms with Crippen LogP contribution in [-0.2, 0) is 16.1 Å². The molecule has 0 spiro atoms. The van der Waals surface area contributed by atoms with E-state index in [0.29, 0.717) is 0 Å². The van der Waals surface area contributed by atoms with Crippen LogP contribution in [0.2, 0.25) is 0 Å². The van der Waals surface area contributed by atoms with Gasteiger partial charge in [-0.05, 0) is 30.2 Å². The van der Waals surface area contributed by atoms with Crippen LogP contribution < -0.4 is 11.1 Å². The normalized spacial score (nSPS) is 11.9. The highest BCUT2D eigenvalue weighted by atomic mass is 79.9. The summed E-state index contributed by atoms with van der Waals surface area (Å²) in [6.07, 6.45) is 0. The molecule has 4 N–H and O–H groups in total. The largest absolute Gasteiger partial charge is 0.480 e. The van der Waals surface area contributed by atoms with Crippen LogP contribution in [0.4, 0.5) is 0 Å². The first kappa shape index (κ1) is 13.7. The summed E-state index contributed by atoms with van der Waals surface area (Å²) in [5.41, 5.74) is 7.09. The number of aliphatic carboxylic acids is 1. The summed E-state index contributed by atoms with van der Waals surface area (Å²) in [6.45, 7) is 2.16. The fourth-order valence-corrected chi connectivity index (χ4v) is 1.64. The smallest absolute Gasteiger partial charge is 0.330 e. The van der Waals surface area contributed by atoms with E-state index in [1.807, 2.05) is 25.1 Å². The van der Waals surface area contributed by atoms with E-state index >= 15 is 0 Å². The molecule has 17 heavy (non-hydrogen) atoms. The van der Waals surface area contributed by atoms with Gasteiger partial charge in [0.1, 0.15) is 0 Å². The number of carboxylic acids is 1. The second-order valence-electron chi connectivity index (χ2n) is 3.60. The van der Waals surface area contributed by atoms with Gasteiger partial charge in [-0.1, -0.05) is 22.0 Å². The van der Waals surface area contributed by atoms with Crippen molar-refractivity contribution in [3.05, 3.63) is 33.8 Å². The third kappa shape index (κ3) is 3.83. The van der Waals surface area contributed by atoms with E-state index in [0.717, 1.165) is 15.6 Å². The molecule has 0 aliphatic rings. The predicted molar refractivity (Wildman–Crippen MR) is 66.3 cm³/mol. The lowest BCUT2D eigenvalue weighted by Gasteiger charge is -2.10. The lowest BCUT2D eigenvalue weighted by Crippen LogP contribution is -2.45. The fourth-order valence-electron chi connectivity index (χ4n) is 1.23. The van der Waals surface area contributed by atoms with E-state index in [-0.39, 0.29) is 6.54 Å². The quantitative estimate of drug-likeness (QED) is 0.717. The number of hydrogen-bond acceptors (Lipinski definition) is 3. The van der Waals surface area contributed by atoms with Gasteiger partial charge in [0.15, 0.2) is 6.04 Å². The number of benzene rings is 1. The van der Waals surface area contributed by atoms with Gasteiger partial charge in [0.25, 0.3) is 0 Å². The molecule has 92 valence electrons. The number of carboxylic acid groups (broad SMARTS) is 1. The minimum absolute atomic E-state index is 0.255. The molecule has 1 rings (SSSR count). The van der Waals surface area contributed by atoms with Crippen LogP contribution in [0.25, 0.3) is 0 Å². The number of carbonyl (C=O) groups is 2. The molecule has 0 saturated carbocycles. The Bertz CT molecular complexity index is 448. The summed E-state index contributed by atoms with van der Waals surface area (Å²) >= 11 is 3.32. The van der Waals surface area contributed by atoms with Crippen LogP contribution in [0.1, 0.15) is 11.1 Å². The lowest BCUT2D eigenvalue weighted by atomic mass is 10.1. The standard InChI is InChI=1S/C11H13BrN2O3/c1-6-2-3-8(12)4-7(6)5-14-10(15)9(13)11(16)17/h2-4,9H,5,13H2,1H3,(H,14,15)(H,16,17). The number of halogens is 1. The van der Waals surface area contributed by atoms with Crippen molar-refractivity contribution in [2.45, 2.75) is 19.5 Å². The molecule has 0 aliphatic heterocycles. The average molecular weight is 301 g/mol. The number of rotatable bonds is 4. The number of nitrogens with two attached hydrogens (primary N) is 1. The highest BCUT2D eigenvalue weighted by Crippen LogP contribution is 2.15. The Morgan fingerprint density at radius 1 is 1.53 bits per heavy atom. The van der Waals surface area contributed by atoms with Gasteiger partial charge in [-0.15, -0.1) is 0 Å². The van der Waals surface area contributed by atoms with Crippen molar-refractivity contribution < 1.29 is 14.7 Å². The van der Waals surface area contributed by atoms with Crippen molar-refractivity contribution in [3.8, 4) is 0 Å². The Morgan fingerprint density at radius 2 is 2.18 bits per heavy atom. The maximum atomic E-state index is 11.3. The number of carbonyl (C=O) groups excluding carboxylic acids is 1. The number of hydrogen-bond donors (Lipinski definition) is 3. The van der Waals surface area contributed by atoms with Crippen molar-refractivity contribution in [2.75, 3.05) is 0 Å². The highest BCUT2D eigenvalue weighted by Gasteiger charge is 2.20. The van der Waals surface area contributed by atoms with Crippen molar-refractivity contribution >= 4 is 27.8 Å². The molecule has 1 amide bonds. The molecule has 0 aromatic heterocycles. The second-order valence-corrected chi connectivity index (χ2v) is 4.52. The average Bonchev–Trinajstić information content (AvgIpc) is 2.28. The molecule has 0 aliphatic carbocycles. The van der Waals surface area contributed by atoms with Crippen LogP contribution in [-0.4, -0.2) is 23.0 Å². The summed E-state index contributed by atoms with van der Waals surface area (Å²) in [5, 5.41) is 11.0. The SMILES string of the molecule is Cc1ccc(Br)cc1CNC(=O)C(N)C(=O)O. The number of aryl methyl sites for hydroxylation is 1. The zero-order valence-electron chi connectivity index (χ0n) is 9.24. The zero-order chi connectivity index (χ0) is 13.0. The van der Waals surface area contributed by atoms with Crippen molar-refractivity contribution in [1.29, 1.82) is 0 Å². The molecular weight excluding hydrogens is 288 g/mol. The van der Waals surface area contributed by atoms with E-state index in [2.05, 4.69) is 21.2 Å². The fraction of sp³-hybridized carbons (Fsp3) is 0.273. The Kier molecular flexibility index (Phi) is 4.65. The minimum atomic E-state index is -1.53. The van der Waals surface area contributed by atoms with Gasteiger partial charge in [-0.25, -0.2) is 4.79 Å². The maximum absolute atomic E-state index is 11.3. The molecule has 0 radical (unpaired) electrons. The summed E-state index contributed by atoms with van der Waals surface area (Å²) in [7, 11) is 0. The zero-order valence-corrected chi connectivity index (χ0v) is 10.8. The first-order valence-electron chi connectivity index (χ1n) is 4.93. The van der Waals surface area contributed by atoms with Crippen LogP contribution in [0.15, 0.2) is 22.7 Å². The Morgan fingerprint density at radius 3 is 2.76 bits per heavy atom. The van der Waals surface area contributed by atoms with Crippen LogP contribution in [0, 0.1) is 6.92 Å². The summed E-state index contributed by atoms with van der Waals surface area (Å²) in [6, 6.07) is 4.14. The molecule has 1 aromatic rings. The van der Waals surface area contributed by atoms with Gasteiger partial charge in [-0.3, -0.25) is 4.79 Å². The van der Waals surface area contributed by atoms with Gasteiger partial charge in [0.05, 0.1) is 0 Å². The highest BCUT2D eigenvalue weighted by molar-refractivity contribution is 9.10. The second kappa shape index (κ2) is 5.79. The van der Waals surface area contributed by atoms with E-state index in [1.165, 1.54) is 0 Å². The maximum Gasteiger partial charge on any atom is 0.330 e. The van der Waals surface area contributed by atoms with E-state index < -0.39 is 17.9 Å². The number of nitrogens with one attached hydrogen (secondary N) is 1. The van der Waals surface area contributed by atoms with Gasteiger partial charge in [0, 0.05) is 11.0 Å². The third-order valence-electron chi connectivity index (χ3n) is 2.31. The first-order chi connectivity index (χ1) is 7.91. The molecule has 0 bridgehead atoms. The van der Waals surface area contributed by atoms with Gasteiger partial charge < -0.3 is 16.2 Å². The van der Waals surface area contributed by atoms with Crippen LogP contribution in [0.3, 0.4) is 0 Å². The van der Waals surface area contributed by atoms with Gasteiger partial charge in [-0.2, -0.15) is 0 Å². The minimum Gasteiger partial charge on any atom is -0.480 e. The molecule has 1 aromatic carbocycles. The monoisotopic (exact) mass is 300 g/mol. The van der Waals surface area contributed by atoms with Gasteiger partial charge >= 0.3 is 5.97 Å². The van der Waals surface area contributed by atoms with Crippen molar-refractivity contribution in [2.24, 2.45) is 5.73 Å². The van der Waals surface area contributed by atoms with Crippen molar-refractivity contribution in [3.63, 3.8) is 0 Å². The molecular formula is C11H13BrN2O3. The molecule has 0 heterocycles. The molecule has 1 unspecified atom stereocenters. The molecule has 6 heteroatoms. The topological polar surface area (TPSA) is 92.4 Å². The first-order valence-corrected chi connectivity index (χ1v) is 5.72.